The zero-order valence-electron chi connectivity index (χ0n) is 13.3. The number of phenolic OH excluding ortho intramolecular Hbond substituents is 1. The molecule has 0 radical (unpaired) electrons. The van der Waals surface area contributed by atoms with Crippen LogP contribution in [0.3, 0.4) is 0 Å². The summed E-state index contributed by atoms with van der Waals surface area (Å²) in [4.78, 5) is 20.0. The summed E-state index contributed by atoms with van der Waals surface area (Å²) in [5.74, 6) is 0.362. The monoisotopic (exact) mass is 350 g/mol. The molecule has 6 nitrogen and oxygen atoms in total. The Bertz CT molecular complexity index is 1120. The van der Waals surface area contributed by atoms with Crippen LogP contribution in [0.2, 0.25) is 0 Å². The van der Waals surface area contributed by atoms with Gasteiger partial charge >= 0.3 is 0 Å². The van der Waals surface area contributed by atoms with E-state index in [-0.39, 0.29) is 11.3 Å². The van der Waals surface area contributed by atoms with E-state index in [2.05, 4.69) is 15.1 Å². The number of nitrogens with one attached hydrogen (secondary N) is 1. The normalized spacial score (nSPS) is 11.1. The average Bonchev–Trinajstić information content (AvgIpc) is 3.02. The predicted molar refractivity (Wildman–Crippen MR) is 98.4 cm³/mol. The van der Waals surface area contributed by atoms with Crippen LogP contribution in [0.15, 0.2) is 64.4 Å². The lowest BCUT2D eigenvalue weighted by Crippen LogP contribution is -2.10. The van der Waals surface area contributed by atoms with Gasteiger partial charge in [-0.05, 0) is 30.5 Å². The summed E-state index contributed by atoms with van der Waals surface area (Å²) in [6.45, 7) is 0. The van der Waals surface area contributed by atoms with E-state index in [0.717, 1.165) is 5.69 Å². The lowest BCUT2D eigenvalue weighted by Gasteiger charge is -2.05. The van der Waals surface area contributed by atoms with Crippen LogP contribution >= 0.6 is 11.8 Å². The van der Waals surface area contributed by atoms with Gasteiger partial charge in [0.25, 0.3) is 5.56 Å². The van der Waals surface area contributed by atoms with Crippen LogP contribution in [-0.4, -0.2) is 31.1 Å². The Morgan fingerprint density at radius 2 is 1.80 bits per heavy atom. The first-order valence-electron chi connectivity index (χ1n) is 7.60. The first-order valence-corrected chi connectivity index (χ1v) is 8.82. The number of nitrogens with zero attached hydrogens (tertiary/aromatic N) is 3. The van der Waals surface area contributed by atoms with Crippen molar-refractivity contribution in [2.45, 2.75) is 5.03 Å². The molecule has 0 aliphatic rings. The number of aromatic amines is 1. The fraction of sp³-hybridized carbons (Fsp3) is 0.0556. The maximum atomic E-state index is 12.7. The summed E-state index contributed by atoms with van der Waals surface area (Å²) in [6.07, 6.45) is 1.87. The van der Waals surface area contributed by atoms with Crippen molar-refractivity contribution in [1.82, 2.24) is 19.7 Å². The van der Waals surface area contributed by atoms with Gasteiger partial charge in [-0.1, -0.05) is 30.3 Å². The molecule has 2 aromatic carbocycles. The molecule has 0 spiro atoms. The molecule has 0 saturated heterocycles. The molecule has 0 amide bonds. The summed E-state index contributed by atoms with van der Waals surface area (Å²) < 4.78 is 1.65. The smallest absolute Gasteiger partial charge is 0.263 e. The van der Waals surface area contributed by atoms with Crippen LogP contribution in [0.1, 0.15) is 0 Å². The Balaban J connectivity index is 2.05. The predicted octanol–water partition coefficient (Wildman–Crippen LogP) is 3.20. The molecule has 25 heavy (non-hydrogen) atoms. The minimum atomic E-state index is -0.283. The highest BCUT2D eigenvalue weighted by atomic mass is 32.2. The Morgan fingerprint density at radius 1 is 1.08 bits per heavy atom. The van der Waals surface area contributed by atoms with Crippen molar-refractivity contribution < 1.29 is 5.11 Å². The lowest BCUT2D eigenvalue weighted by atomic mass is 10.2. The highest BCUT2D eigenvalue weighted by Gasteiger charge is 2.18. The molecule has 4 rings (SSSR count). The third-order valence-corrected chi connectivity index (χ3v) is 4.53. The summed E-state index contributed by atoms with van der Waals surface area (Å²) >= 11 is 1.39. The molecular formula is C18H14N4O2S. The molecule has 2 aromatic heterocycles. The largest absolute Gasteiger partial charge is 0.507 e. The molecule has 0 aliphatic carbocycles. The number of para-hydroxylation sites is 2. The molecule has 0 saturated carbocycles. The summed E-state index contributed by atoms with van der Waals surface area (Å²) in [5.41, 5.74) is 1.45. The third-order valence-electron chi connectivity index (χ3n) is 3.86. The second-order valence-electron chi connectivity index (χ2n) is 5.39. The molecule has 7 heteroatoms. The number of thioether (sulfide) groups is 1. The van der Waals surface area contributed by atoms with Crippen LogP contribution in [0.4, 0.5) is 0 Å². The van der Waals surface area contributed by atoms with Gasteiger partial charge in [-0.25, -0.2) is 9.67 Å². The van der Waals surface area contributed by atoms with Gasteiger partial charge in [-0.15, -0.1) is 11.8 Å². The summed E-state index contributed by atoms with van der Waals surface area (Å²) in [5, 5.41) is 15.7. The van der Waals surface area contributed by atoms with Gasteiger partial charge in [0.15, 0.2) is 5.65 Å². The molecule has 2 N–H and O–H groups in total. The van der Waals surface area contributed by atoms with E-state index in [1.54, 1.807) is 28.9 Å². The molecule has 0 bridgehead atoms. The number of fused-ring (bicyclic) bond motifs is 1. The molecule has 2 heterocycles. The van der Waals surface area contributed by atoms with Crippen molar-refractivity contribution in [2.75, 3.05) is 6.26 Å². The molecule has 4 aromatic rings. The number of hydrogen-bond acceptors (Lipinski definition) is 5. The van der Waals surface area contributed by atoms with E-state index in [0.29, 0.717) is 27.4 Å². The number of aromatic hydroxyl groups is 1. The number of aromatic nitrogens is 4. The Kier molecular flexibility index (Phi) is 3.77. The van der Waals surface area contributed by atoms with Crippen molar-refractivity contribution in [3.63, 3.8) is 0 Å². The standard InChI is InChI=1S/C18H14N4O2S/c1-25-18-14-16(22(21-18)11-7-3-2-4-8-11)19-15(20-17(14)24)12-9-5-6-10-13(12)23/h2-10,23H,1H3,(H,19,20,24). The van der Waals surface area contributed by atoms with E-state index in [1.807, 2.05) is 36.6 Å². The molecule has 0 aliphatic heterocycles. The van der Waals surface area contributed by atoms with E-state index in [1.165, 1.54) is 11.8 Å². The molecular weight excluding hydrogens is 336 g/mol. The highest BCUT2D eigenvalue weighted by molar-refractivity contribution is 7.98. The first kappa shape index (κ1) is 15.5. The van der Waals surface area contributed by atoms with Gasteiger partial charge in [0.1, 0.15) is 22.0 Å². The minimum absolute atomic E-state index is 0.0564. The third kappa shape index (κ3) is 2.58. The molecule has 0 fully saturated rings. The van der Waals surface area contributed by atoms with Gasteiger partial charge in [0.05, 0.1) is 11.3 Å². The Labute approximate surface area is 147 Å². The van der Waals surface area contributed by atoms with E-state index in [4.69, 9.17) is 0 Å². The van der Waals surface area contributed by atoms with Crippen molar-refractivity contribution in [3.8, 4) is 22.8 Å². The van der Waals surface area contributed by atoms with E-state index in [9.17, 15) is 9.90 Å². The fourth-order valence-corrected chi connectivity index (χ4v) is 3.24. The molecule has 0 atom stereocenters. The van der Waals surface area contributed by atoms with Gasteiger partial charge in [0.2, 0.25) is 0 Å². The van der Waals surface area contributed by atoms with Crippen LogP contribution < -0.4 is 5.56 Å². The van der Waals surface area contributed by atoms with Crippen LogP contribution in [0, 0.1) is 0 Å². The Morgan fingerprint density at radius 3 is 2.52 bits per heavy atom. The van der Waals surface area contributed by atoms with Gasteiger partial charge < -0.3 is 10.1 Å². The van der Waals surface area contributed by atoms with Gasteiger partial charge in [-0.3, -0.25) is 4.79 Å². The number of hydrogen-bond donors (Lipinski definition) is 2. The highest BCUT2D eigenvalue weighted by Crippen LogP contribution is 2.28. The molecule has 124 valence electrons. The summed E-state index contributed by atoms with van der Waals surface area (Å²) in [7, 11) is 0. The lowest BCUT2D eigenvalue weighted by molar-refractivity contribution is 0.477. The quantitative estimate of drug-likeness (QED) is 0.554. The first-order chi connectivity index (χ1) is 12.2. The fourth-order valence-electron chi connectivity index (χ4n) is 2.69. The van der Waals surface area contributed by atoms with E-state index >= 15 is 0 Å². The van der Waals surface area contributed by atoms with Crippen molar-refractivity contribution in [3.05, 3.63) is 65.0 Å². The zero-order chi connectivity index (χ0) is 17.4. The minimum Gasteiger partial charge on any atom is -0.507 e. The molecule has 0 unspecified atom stereocenters. The van der Waals surface area contributed by atoms with Crippen LogP contribution in [0.25, 0.3) is 28.1 Å². The van der Waals surface area contributed by atoms with Crippen molar-refractivity contribution >= 4 is 22.8 Å². The van der Waals surface area contributed by atoms with Crippen LogP contribution in [-0.2, 0) is 0 Å². The average molecular weight is 350 g/mol. The number of rotatable bonds is 3. The SMILES string of the molecule is CSc1nn(-c2ccccc2)c2nc(-c3ccccc3O)[nH]c(=O)c12. The zero-order valence-corrected chi connectivity index (χ0v) is 14.1. The second kappa shape index (κ2) is 6.10. The second-order valence-corrected chi connectivity index (χ2v) is 6.18. The number of phenols is 1. The van der Waals surface area contributed by atoms with Crippen molar-refractivity contribution in [2.24, 2.45) is 0 Å². The van der Waals surface area contributed by atoms with Gasteiger partial charge in [0, 0.05) is 0 Å². The summed E-state index contributed by atoms with van der Waals surface area (Å²) in [6, 6.07) is 16.3. The van der Waals surface area contributed by atoms with Crippen molar-refractivity contribution in [1.29, 1.82) is 0 Å². The van der Waals surface area contributed by atoms with Gasteiger partial charge in [-0.2, -0.15) is 5.10 Å². The van der Waals surface area contributed by atoms with Crippen LogP contribution in [0.5, 0.6) is 5.75 Å². The topological polar surface area (TPSA) is 83.8 Å². The number of benzene rings is 2. The van der Waals surface area contributed by atoms with E-state index < -0.39 is 0 Å². The maximum absolute atomic E-state index is 12.7. The maximum Gasteiger partial charge on any atom is 0.263 e. The Hall–Kier alpha value is -3.06. The number of H-pyrrole nitrogens is 1.